The zero-order valence-electron chi connectivity index (χ0n) is 12.5. The van der Waals surface area contributed by atoms with E-state index in [1.54, 1.807) is 0 Å². The van der Waals surface area contributed by atoms with Gasteiger partial charge in [0.1, 0.15) is 11.5 Å². The molecule has 2 unspecified atom stereocenters. The van der Waals surface area contributed by atoms with E-state index in [1.807, 2.05) is 13.8 Å². The first-order valence-corrected chi connectivity index (χ1v) is 7.19. The van der Waals surface area contributed by atoms with Gasteiger partial charge < -0.3 is 14.5 Å². The van der Waals surface area contributed by atoms with E-state index in [0.29, 0.717) is 12.1 Å². The molecule has 1 saturated heterocycles. The summed E-state index contributed by atoms with van der Waals surface area (Å²) in [7, 11) is 0. The van der Waals surface area contributed by atoms with Crippen LogP contribution < -0.4 is 5.32 Å². The molecule has 4 nitrogen and oxygen atoms in total. The van der Waals surface area contributed by atoms with Crippen molar-refractivity contribution in [3.8, 4) is 0 Å². The first-order chi connectivity index (χ1) is 9.06. The summed E-state index contributed by atoms with van der Waals surface area (Å²) in [6.45, 7) is 13.4. The molecule has 1 N–H and O–H groups in total. The van der Waals surface area contributed by atoms with Gasteiger partial charge in [-0.1, -0.05) is 0 Å². The molecule has 0 spiro atoms. The van der Waals surface area contributed by atoms with Crippen molar-refractivity contribution in [1.82, 2.24) is 10.2 Å². The predicted octanol–water partition coefficient (Wildman–Crippen LogP) is 2.27. The van der Waals surface area contributed by atoms with Crippen molar-refractivity contribution in [2.45, 2.75) is 39.8 Å². The van der Waals surface area contributed by atoms with Gasteiger partial charge in [0.15, 0.2) is 0 Å². The molecule has 0 bridgehead atoms. The third-order valence-electron chi connectivity index (χ3n) is 3.72. The average Bonchev–Trinajstić information content (AvgIpc) is 2.69. The lowest BCUT2D eigenvalue weighted by Crippen LogP contribution is -2.45. The largest absolute Gasteiger partial charge is 0.466 e. The zero-order valence-corrected chi connectivity index (χ0v) is 12.5. The molecule has 1 aliphatic heterocycles. The second-order valence-electron chi connectivity index (χ2n) is 5.57. The fourth-order valence-corrected chi connectivity index (χ4v) is 2.82. The molecule has 4 heteroatoms. The van der Waals surface area contributed by atoms with Crippen LogP contribution in [0, 0.1) is 13.8 Å². The van der Waals surface area contributed by atoms with Gasteiger partial charge >= 0.3 is 0 Å². The smallest absolute Gasteiger partial charge is 0.105 e. The Morgan fingerprint density at radius 2 is 1.95 bits per heavy atom. The summed E-state index contributed by atoms with van der Waals surface area (Å²) >= 11 is 0. The summed E-state index contributed by atoms with van der Waals surface area (Å²) < 4.78 is 11.0. The minimum atomic E-state index is 0.327. The number of morpholine rings is 1. The molecule has 2 rings (SSSR count). The SMILES string of the molecule is Cc1cc(C(C)NC(C)CN2CCOCC2)c(C)o1. The molecule has 1 aromatic rings. The molecule has 108 valence electrons. The van der Waals surface area contributed by atoms with E-state index in [9.17, 15) is 0 Å². The van der Waals surface area contributed by atoms with E-state index in [-0.39, 0.29) is 0 Å². The number of aryl methyl sites for hydroxylation is 2. The Labute approximate surface area is 116 Å². The maximum atomic E-state index is 5.60. The lowest BCUT2D eigenvalue weighted by molar-refractivity contribution is 0.0339. The van der Waals surface area contributed by atoms with E-state index < -0.39 is 0 Å². The Bertz CT molecular complexity index is 397. The summed E-state index contributed by atoms with van der Waals surface area (Å²) in [5.74, 6) is 2.01. The molecule has 1 aromatic heterocycles. The molecule has 0 saturated carbocycles. The van der Waals surface area contributed by atoms with Crippen LogP contribution in [-0.2, 0) is 4.74 Å². The van der Waals surface area contributed by atoms with E-state index in [0.717, 1.165) is 44.4 Å². The Hall–Kier alpha value is -0.840. The summed E-state index contributed by atoms with van der Waals surface area (Å²) in [6.07, 6.45) is 0. The maximum absolute atomic E-state index is 5.60. The molecule has 0 aliphatic carbocycles. The first kappa shape index (κ1) is 14.6. The van der Waals surface area contributed by atoms with Crippen LogP contribution in [0.15, 0.2) is 10.5 Å². The van der Waals surface area contributed by atoms with Crippen molar-refractivity contribution in [3.05, 3.63) is 23.2 Å². The van der Waals surface area contributed by atoms with Crippen molar-refractivity contribution in [2.24, 2.45) is 0 Å². The molecule has 19 heavy (non-hydrogen) atoms. The Morgan fingerprint density at radius 1 is 1.26 bits per heavy atom. The van der Waals surface area contributed by atoms with E-state index in [1.165, 1.54) is 5.56 Å². The number of hydrogen-bond donors (Lipinski definition) is 1. The minimum Gasteiger partial charge on any atom is -0.466 e. The number of nitrogens with one attached hydrogen (secondary N) is 1. The van der Waals surface area contributed by atoms with Crippen LogP contribution in [0.4, 0.5) is 0 Å². The minimum absolute atomic E-state index is 0.327. The fraction of sp³-hybridized carbons (Fsp3) is 0.733. The number of ether oxygens (including phenoxy) is 1. The summed E-state index contributed by atoms with van der Waals surface area (Å²) in [6, 6.07) is 2.92. The topological polar surface area (TPSA) is 37.6 Å². The Kier molecular flexibility index (Phi) is 5.02. The molecule has 2 atom stereocenters. The van der Waals surface area contributed by atoms with Crippen LogP contribution in [0.2, 0.25) is 0 Å². The monoisotopic (exact) mass is 266 g/mol. The summed E-state index contributed by atoms with van der Waals surface area (Å²) in [5, 5.41) is 3.66. The lowest BCUT2D eigenvalue weighted by atomic mass is 10.1. The summed E-state index contributed by atoms with van der Waals surface area (Å²) in [4.78, 5) is 2.46. The molecule has 0 aromatic carbocycles. The van der Waals surface area contributed by atoms with Crippen LogP contribution in [-0.4, -0.2) is 43.8 Å². The van der Waals surface area contributed by atoms with E-state index in [4.69, 9.17) is 9.15 Å². The van der Waals surface area contributed by atoms with Crippen LogP contribution in [0.5, 0.6) is 0 Å². The molecule has 0 radical (unpaired) electrons. The van der Waals surface area contributed by atoms with Gasteiger partial charge in [-0.05, 0) is 33.8 Å². The molecular weight excluding hydrogens is 240 g/mol. The maximum Gasteiger partial charge on any atom is 0.105 e. The standard InChI is InChI=1S/C15H26N2O2/c1-11(10-17-5-7-18-8-6-17)16-13(3)15-9-12(2)19-14(15)4/h9,11,13,16H,5-8,10H2,1-4H3. The first-order valence-electron chi connectivity index (χ1n) is 7.19. The van der Waals surface area contributed by atoms with Crippen LogP contribution in [0.3, 0.4) is 0 Å². The van der Waals surface area contributed by atoms with Crippen molar-refractivity contribution >= 4 is 0 Å². The van der Waals surface area contributed by atoms with Gasteiger partial charge in [0, 0.05) is 37.3 Å². The molecule has 2 heterocycles. The lowest BCUT2D eigenvalue weighted by Gasteiger charge is -2.30. The normalized spacial score (nSPS) is 20.4. The zero-order chi connectivity index (χ0) is 13.8. The third-order valence-corrected chi connectivity index (χ3v) is 3.72. The Morgan fingerprint density at radius 3 is 2.53 bits per heavy atom. The van der Waals surface area contributed by atoms with Crippen LogP contribution in [0.1, 0.15) is 37.0 Å². The van der Waals surface area contributed by atoms with Crippen LogP contribution >= 0.6 is 0 Å². The second kappa shape index (κ2) is 6.55. The van der Waals surface area contributed by atoms with Gasteiger partial charge in [0.05, 0.1) is 13.2 Å². The number of rotatable bonds is 5. The van der Waals surface area contributed by atoms with Gasteiger partial charge in [0.2, 0.25) is 0 Å². The number of furan rings is 1. The fourth-order valence-electron chi connectivity index (χ4n) is 2.82. The highest BCUT2D eigenvalue weighted by Crippen LogP contribution is 2.21. The number of hydrogen-bond acceptors (Lipinski definition) is 4. The molecule has 0 amide bonds. The second-order valence-corrected chi connectivity index (χ2v) is 5.57. The highest BCUT2D eigenvalue weighted by molar-refractivity contribution is 5.23. The predicted molar refractivity (Wildman–Crippen MR) is 76.5 cm³/mol. The van der Waals surface area contributed by atoms with Crippen molar-refractivity contribution in [3.63, 3.8) is 0 Å². The van der Waals surface area contributed by atoms with Gasteiger partial charge in [-0.2, -0.15) is 0 Å². The van der Waals surface area contributed by atoms with E-state index >= 15 is 0 Å². The van der Waals surface area contributed by atoms with E-state index in [2.05, 4.69) is 30.1 Å². The van der Waals surface area contributed by atoms with Crippen molar-refractivity contribution in [1.29, 1.82) is 0 Å². The molecule has 1 fully saturated rings. The van der Waals surface area contributed by atoms with Gasteiger partial charge in [-0.15, -0.1) is 0 Å². The van der Waals surface area contributed by atoms with Gasteiger partial charge in [0.25, 0.3) is 0 Å². The highest BCUT2D eigenvalue weighted by atomic mass is 16.5. The van der Waals surface area contributed by atoms with Crippen molar-refractivity contribution in [2.75, 3.05) is 32.8 Å². The van der Waals surface area contributed by atoms with Crippen molar-refractivity contribution < 1.29 is 9.15 Å². The Balaban J connectivity index is 1.84. The third kappa shape index (κ3) is 4.06. The number of nitrogens with zero attached hydrogens (tertiary/aromatic N) is 1. The average molecular weight is 266 g/mol. The van der Waals surface area contributed by atoms with Gasteiger partial charge in [-0.25, -0.2) is 0 Å². The van der Waals surface area contributed by atoms with Crippen LogP contribution in [0.25, 0.3) is 0 Å². The quantitative estimate of drug-likeness (QED) is 0.887. The molecular formula is C15H26N2O2. The highest BCUT2D eigenvalue weighted by Gasteiger charge is 2.17. The van der Waals surface area contributed by atoms with Gasteiger partial charge in [-0.3, -0.25) is 4.90 Å². The molecule has 1 aliphatic rings. The summed E-state index contributed by atoms with van der Waals surface area (Å²) in [5.41, 5.74) is 1.27.